The lowest BCUT2D eigenvalue weighted by molar-refractivity contribution is 0.0949. The lowest BCUT2D eigenvalue weighted by Gasteiger charge is -2.05. The van der Waals surface area contributed by atoms with E-state index in [1.165, 1.54) is 16.9 Å². The molecule has 138 valence electrons. The van der Waals surface area contributed by atoms with Crippen molar-refractivity contribution in [2.24, 2.45) is 0 Å². The van der Waals surface area contributed by atoms with Crippen LogP contribution < -0.4 is 16.0 Å². The second-order valence-electron chi connectivity index (χ2n) is 5.83. The predicted molar refractivity (Wildman–Crippen MR) is 108 cm³/mol. The molecule has 6 nitrogen and oxygen atoms in total. The van der Waals surface area contributed by atoms with Crippen molar-refractivity contribution in [2.75, 3.05) is 17.2 Å². The van der Waals surface area contributed by atoms with Gasteiger partial charge in [0.2, 0.25) is 0 Å². The molecule has 3 amide bonds. The van der Waals surface area contributed by atoms with Gasteiger partial charge in [0, 0.05) is 17.6 Å². The Kier molecular flexibility index (Phi) is 6.54. The monoisotopic (exact) mass is 380 g/mol. The van der Waals surface area contributed by atoms with Crippen LogP contribution in [0.15, 0.2) is 66.0 Å². The number of hydrogen-bond donors (Lipinski definition) is 3. The van der Waals surface area contributed by atoms with Crippen molar-refractivity contribution in [3.05, 3.63) is 77.3 Å². The molecule has 0 saturated carbocycles. The van der Waals surface area contributed by atoms with Crippen molar-refractivity contribution >= 4 is 34.1 Å². The zero-order valence-corrected chi connectivity index (χ0v) is 15.5. The third-order valence-electron chi connectivity index (χ3n) is 3.76. The van der Waals surface area contributed by atoms with Gasteiger partial charge in [-0.2, -0.15) is 0 Å². The quantitative estimate of drug-likeness (QED) is 0.539. The van der Waals surface area contributed by atoms with Gasteiger partial charge in [-0.1, -0.05) is 48.5 Å². The van der Waals surface area contributed by atoms with Crippen LogP contribution in [0.2, 0.25) is 0 Å². The minimum Gasteiger partial charge on any atom is -0.351 e. The van der Waals surface area contributed by atoms with Gasteiger partial charge in [-0.15, -0.1) is 11.3 Å². The molecule has 0 saturated heterocycles. The molecule has 0 aliphatic rings. The number of anilines is 2. The molecule has 1 aromatic heterocycles. The number of carbonyl (C=O) groups is 2. The highest BCUT2D eigenvalue weighted by atomic mass is 32.1. The van der Waals surface area contributed by atoms with Crippen molar-refractivity contribution in [3.63, 3.8) is 0 Å². The topological polar surface area (TPSA) is 83.1 Å². The third-order valence-corrected chi connectivity index (χ3v) is 4.52. The minimum absolute atomic E-state index is 0.240. The number of urea groups is 1. The van der Waals surface area contributed by atoms with Crippen molar-refractivity contribution in [3.8, 4) is 0 Å². The van der Waals surface area contributed by atoms with Crippen LogP contribution in [0.25, 0.3) is 0 Å². The summed E-state index contributed by atoms with van der Waals surface area (Å²) in [6.45, 7) is 0.572. The molecule has 3 N–H and O–H groups in total. The molecule has 0 fully saturated rings. The first kappa shape index (κ1) is 18.6. The first-order chi connectivity index (χ1) is 13.2. The van der Waals surface area contributed by atoms with Gasteiger partial charge in [-0.25, -0.2) is 9.78 Å². The lowest BCUT2D eigenvalue weighted by atomic mass is 10.1. The molecule has 0 atom stereocenters. The number of amides is 3. The van der Waals surface area contributed by atoms with E-state index in [4.69, 9.17) is 0 Å². The molecule has 2 aromatic carbocycles. The van der Waals surface area contributed by atoms with Crippen LogP contribution in [-0.2, 0) is 6.42 Å². The summed E-state index contributed by atoms with van der Waals surface area (Å²) >= 11 is 1.21. The van der Waals surface area contributed by atoms with Gasteiger partial charge < -0.3 is 10.6 Å². The molecular weight excluding hydrogens is 360 g/mol. The van der Waals surface area contributed by atoms with Gasteiger partial charge in [0.1, 0.15) is 5.69 Å². The van der Waals surface area contributed by atoms with Crippen LogP contribution in [0.1, 0.15) is 22.5 Å². The Labute approximate surface area is 161 Å². The Bertz CT molecular complexity index is 881. The second-order valence-corrected chi connectivity index (χ2v) is 6.69. The van der Waals surface area contributed by atoms with Crippen LogP contribution in [0.4, 0.5) is 15.6 Å². The average Bonchev–Trinajstić information content (AvgIpc) is 3.15. The highest BCUT2D eigenvalue weighted by Crippen LogP contribution is 2.16. The van der Waals surface area contributed by atoms with Crippen molar-refractivity contribution in [1.29, 1.82) is 0 Å². The van der Waals surface area contributed by atoms with Gasteiger partial charge >= 0.3 is 6.03 Å². The van der Waals surface area contributed by atoms with E-state index in [-0.39, 0.29) is 5.91 Å². The molecule has 0 spiro atoms. The molecular formula is C20H20N4O2S. The van der Waals surface area contributed by atoms with Crippen LogP contribution in [0.5, 0.6) is 0 Å². The number of rotatable bonds is 7. The van der Waals surface area contributed by atoms with Crippen LogP contribution in [-0.4, -0.2) is 23.5 Å². The number of carbonyl (C=O) groups excluding carboxylic acids is 2. The van der Waals surface area contributed by atoms with Crippen molar-refractivity contribution in [1.82, 2.24) is 10.3 Å². The number of nitrogens with zero attached hydrogens (tertiary/aromatic N) is 1. The van der Waals surface area contributed by atoms with E-state index >= 15 is 0 Å². The molecule has 0 radical (unpaired) electrons. The summed E-state index contributed by atoms with van der Waals surface area (Å²) in [4.78, 5) is 28.3. The van der Waals surface area contributed by atoms with Crippen LogP contribution in [0.3, 0.4) is 0 Å². The van der Waals surface area contributed by atoms with Gasteiger partial charge in [-0.3, -0.25) is 10.1 Å². The summed E-state index contributed by atoms with van der Waals surface area (Å²) in [6.07, 6.45) is 1.76. The van der Waals surface area contributed by atoms with Crippen LogP contribution >= 0.6 is 11.3 Å². The number of aryl methyl sites for hydroxylation is 1. The molecule has 1 heterocycles. The van der Waals surface area contributed by atoms with Gasteiger partial charge in [-0.05, 0) is 30.5 Å². The van der Waals surface area contributed by atoms with E-state index < -0.39 is 6.03 Å². The van der Waals surface area contributed by atoms with Gasteiger partial charge in [0.25, 0.3) is 5.91 Å². The smallest absolute Gasteiger partial charge is 0.325 e. The number of para-hydroxylation sites is 1. The summed E-state index contributed by atoms with van der Waals surface area (Å²) in [5.41, 5.74) is 2.23. The van der Waals surface area contributed by atoms with Gasteiger partial charge in [0.15, 0.2) is 5.13 Å². The number of benzene rings is 2. The molecule has 3 rings (SSSR count). The fourth-order valence-electron chi connectivity index (χ4n) is 2.45. The number of nitrogens with one attached hydrogen (secondary N) is 3. The van der Waals surface area contributed by atoms with E-state index in [1.807, 2.05) is 36.4 Å². The maximum Gasteiger partial charge on any atom is 0.325 e. The Hall–Kier alpha value is -3.19. The summed E-state index contributed by atoms with van der Waals surface area (Å²) < 4.78 is 0. The summed E-state index contributed by atoms with van der Waals surface area (Å²) in [5.74, 6) is -0.240. The maximum atomic E-state index is 12.2. The Morgan fingerprint density at radius 3 is 2.37 bits per heavy atom. The van der Waals surface area contributed by atoms with Crippen molar-refractivity contribution in [2.45, 2.75) is 12.8 Å². The Morgan fingerprint density at radius 2 is 1.63 bits per heavy atom. The SMILES string of the molecule is O=C(Nc1ccccc1)Nc1nc(C(=O)NCCCc2ccccc2)cs1. The molecule has 3 aromatic rings. The molecule has 7 heteroatoms. The lowest BCUT2D eigenvalue weighted by Crippen LogP contribution is -2.25. The third kappa shape index (κ3) is 5.93. The summed E-state index contributed by atoms with van der Waals surface area (Å²) in [7, 11) is 0. The molecule has 0 bridgehead atoms. The zero-order chi connectivity index (χ0) is 18.9. The molecule has 0 aliphatic carbocycles. The van der Waals surface area contributed by atoms with E-state index in [9.17, 15) is 9.59 Å². The standard InChI is InChI=1S/C20H20N4O2S/c25-18(21-13-7-10-15-8-3-1-4-9-15)17-14-27-20(23-17)24-19(26)22-16-11-5-2-6-12-16/h1-6,8-9,11-12,14H,7,10,13H2,(H,21,25)(H2,22,23,24,26). The summed E-state index contributed by atoms with van der Waals surface area (Å²) in [6, 6.07) is 18.8. The van der Waals surface area contributed by atoms with E-state index in [0.29, 0.717) is 23.1 Å². The number of hydrogen-bond acceptors (Lipinski definition) is 4. The highest BCUT2D eigenvalue weighted by Gasteiger charge is 2.12. The zero-order valence-electron chi connectivity index (χ0n) is 14.6. The Balaban J connectivity index is 1.42. The average molecular weight is 380 g/mol. The molecule has 0 unspecified atom stereocenters. The Morgan fingerprint density at radius 1 is 0.926 bits per heavy atom. The maximum absolute atomic E-state index is 12.2. The van der Waals surface area contributed by atoms with E-state index in [2.05, 4.69) is 33.1 Å². The first-order valence-electron chi connectivity index (χ1n) is 8.61. The van der Waals surface area contributed by atoms with Gasteiger partial charge in [0.05, 0.1) is 0 Å². The predicted octanol–water partition coefficient (Wildman–Crippen LogP) is 4.15. The largest absolute Gasteiger partial charge is 0.351 e. The number of aromatic nitrogens is 1. The fraction of sp³-hybridized carbons (Fsp3) is 0.150. The summed E-state index contributed by atoms with van der Waals surface area (Å²) in [5, 5.41) is 10.2. The fourth-order valence-corrected chi connectivity index (χ4v) is 3.13. The second kappa shape index (κ2) is 9.49. The minimum atomic E-state index is -0.398. The first-order valence-corrected chi connectivity index (χ1v) is 9.49. The van der Waals surface area contributed by atoms with E-state index in [0.717, 1.165) is 12.8 Å². The van der Waals surface area contributed by atoms with Crippen LogP contribution in [0, 0.1) is 0 Å². The normalized spacial score (nSPS) is 10.2. The van der Waals surface area contributed by atoms with Crippen molar-refractivity contribution < 1.29 is 9.59 Å². The molecule has 27 heavy (non-hydrogen) atoms. The van der Waals surface area contributed by atoms with E-state index in [1.54, 1.807) is 17.5 Å². The highest BCUT2D eigenvalue weighted by molar-refractivity contribution is 7.14. The molecule has 0 aliphatic heterocycles. The number of thiazole rings is 1.